The standard InChI is InChI=1S/C26H28F2N4O3/c1-35-25-17-32(18-26(34)29-15-19-2-4-20(27)5-3-19)23(14-24(25)33)16-30-10-12-31(13-11-30)22-8-6-21(28)7-9-22/h2-9,14,17H,10-13,15-16,18H2,1H3,(H,29,34). The Morgan fingerprint density at radius 3 is 2.23 bits per heavy atom. The molecule has 1 amide bonds. The van der Waals surface area contributed by atoms with Crippen molar-refractivity contribution in [2.24, 2.45) is 0 Å². The van der Waals surface area contributed by atoms with Crippen molar-refractivity contribution < 1.29 is 18.3 Å². The van der Waals surface area contributed by atoms with Crippen LogP contribution in [0, 0.1) is 11.6 Å². The average Bonchev–Trinajstić information content (AvgIpc) is 2.86. The zero-order valence-corrected chi connectivity index (χ0v) is 19.5. The van der Waals surface area contributed by atoms with Crippen LogP contribution < -0.4 is 20.4 Å². The van der Waals surface area contributed by atoms with E-state index in [2.05, 4.69) is 15.1 Å². The summed E-state index contributed by atoms with van der Waals surface area (Å²) in [5.74, 6) is -0.654. The third-order valence-corrected chi connectivity index (χ3v) is 6.07. The third-order valence-electron chi connectivity index (χ3n) is 6.07. The summed E-state index contributed by atoms with van der Waals surface area (Å²) >= 11 is 0. The van der Waals surface area contributed by atoms with Crippen LogP contribution in [-0.4, -0.2) is 48.7 Å². The van der Waals surface area contributed by atoms with Crippen LogP contribution in [0.3, 0.4) is 0 Å². The van der Waals surface area contributed by atoms with E-state index in [1.54, 1.807) is 35.0 Å². The number of halogens is 2. The molecule has 0 bridgehead atoms. The number of piperazine rings is 1. The minimum absolute atomic E-state index is 0.0166. The van der Waals surface area contributed by atoms with Crippen LogP contribution in [0.5, 0.6) is 5.75 Å². The van der Waals surface area contributed by atoms with Gasteiger partial charge < -0.3 is 19.5 Å². The highest BCUT2D eigenvalue weighted by Crippen LogP contribution is 2.18. The highest BCUT2D eigenvalue weighted by molar-refractivity contribution is 5.75. The molecule has 1 aromatic heterocycles. The monoisotopic (exact) mass is 482 g/mol. The minimum atomic E-state index is -0.330. The Labute approximate surface area is 202 Å². The van der Waals surface area contributed by atoms with Gasteiger partial charge in [0.05, 0.1) is 13.3 Å². The zero-order chi connectivity index (χ0) is 24.8. The highest BCUT2D eigenvalue weighted by atomic mass is 19.1. The quantitative estimate of drug-likeness (QED) is 0.535. The van der Waals surface area contributed by atoms with Gasteiger partial charge in [0.25, 0.3) is 0 Å². The molecule has 0 spiro atoms. The Hall–Kier alpha value is -3.72. The number of carbonyl (C=O) groups is 1. The lowest BCUT2D eigenvalue weighted by molar-refractivity contribution is -0.121. The third kappa shape index (κ3) is 6.45. The van der Waals surface area contributed by atoms with Gasteiger partial charge in [0.15, 0.2) is 5.75 Å². The average molecular weight is 483 g/mol. The minimum Gasteiger partial charge on any atom is -0.491 e. The number of ether oxygens (including phenoxy) is 1. The number of rotatable bonds is 8. The first-order chi connectivity index (χ1) is 16.9. The molecule has 0 radical (unpaired) electrons. The van der Waals surface area contributed by atoms with Gasteiger partial charge in [-0.15, -0.1) is 0 Å². The van der Waals surface area contributed by atoms with Crippen molar-refractivity contribution in [2.75, 3.05) is 38.2 Å². The van der Waals surface area contributed by atoms with Crippen LogP contribution in [0.2, 0.25) is 0 Å². The van der Waals surface area contributed by atoms with Crippen molar-refractivity contribution in [1.29, 1.82) is 0 Å². The number of hydrogen-bond acceptors (Lipinski definition) is 5. The van der Waals surface area contributed by atoms with Gasteiger partial charge in [-0.05, 0) is 42.0 Å². The summed E-state index contributed by atoms with van der Waals surface area (Å²) in [6.45, 7) is 3.85. The number of hydrogen-bond donors (Lipinski definition) is 1. The number of nitrogens with one attached hydrogen (secondary N) is 1. The molecular formula is C26H28F2N4O3. The molecular weight excluding hydrogens is 454 g/mol. The van der Waals surface area contributed by atoms with E-state index in [1.165, 1.54) is 37.4 Å². The molecule has 184 valence electrons. The Morgan fingerprint density at radius 2 is 1.60 bits per heavy atom. The van der Waals surface area contributed by atoms with Crippen LogP contribution in [0.4, 0.5) is 14.5 Å². The van der Waals surface area contributed by atoms with Crippen LogP contribution in [0.15, 0.2) is 65.6 Å². The second-order valence-corrected chi connectivity index (χ2v) is 8.47. The smallest absolute Gasteiger partial charge is 0.240 e. The molecule has 1 aliphatic heterocycles. The fourth-order valence-corrected chi connectivity index (χ4v) is 4.09. The first-order valence-corrected chi connectivity index (χ1v) is 11.4. The maximum Gasteiger partial charge on any atom is 0.240 e. The molecule has 0 saturated carbocycles. The van der Waals surface area contributed by atoms with Crippen molar-refractivity contribution in [3.63, 3.8) is 0 Å². The molecule has 1 aliphatic rings. The van der Waals surface area contributed by atoms with Crippen LogP contribution >= 0.6 is 0 Å². The predicted octanol–water partition coefficient (Wildman–Crippen LogP) is 2.77. The van der Waals surface area contributed by atoms with E-state index in [0.29, 0.717) is 12.2 Å². The summed E-state index contributed by atoms with van der Waals surface area (Å²) < 4.78 is 33.2. The molecule has 0 unspecified atom stereocenters. The summed E-state index contributed by atoms with van der Waals surface area (Å²) in [5.41, 5.74) is 2.24. The lowest BCUT2D eigenvalue weighted by Gasteiger charge is -2.36. The van der Waals surface area contributed by atoms with E-state index in [9.17, 15) is 18.4 Å². The fraction of sp³-hybridized carbons (Fsp3) is 0.308. The van der Waals surface area contributed by atoms with Gasteiger partial charge in [-0.25, -0.2) is 8.78 Å². The molecule has 1 N–H and O–H groups in total. The fourth-order valence-electron chi connectivity index (χ4n) is 4.09. The van der Waals surface area contributed by atoms with Gasteiger partial charge >= 0.3 is 0 Å². The molecule has 2 heterocycles. The van der Waals surface area contributed by atoms with Crippen LogP contribution in [0.1, 0.15) is 11.3 Å². The lowest BCUT2D eigenvalue weighted by Crippen LogP contribution is -2.46. The number of benzene rings is 2. The van der Waals surface area contributed by atoms with Gasteiger partial charge in [-0.2, -0.15) is 0 Å². The second kappa shape index (κ2) is 11.1. The van der Waals surface area contributed by atoms with E-state index in [0.717, 1.165) is 37.4 Å². The number of anilines is 1. The Balaban J connectivity index is 1.40. The lowest BCUT2D eigenvalue weighted by atomic mass is 10.2. The Bertz CT molecular complexity index is 1200. The summed E-state index contributed by atoms with van der Waals surface area (Å²) in [6.07, 6.45) is 1.56. The number of methoxy groups -OCH3 is 1. The number of nitrogens with zero attached hydrogens (tertiary/aromatic N) is 3. The molecule has 35 heavy (non-hydrogen) atoms. The summed E-state index contributed by atoms with van der Waals surface area (Å²) in [4.78, 5) is 29.5. The normalized spacial score (nSPS) is 14.1. The van der Waals surface area contributed by atoms with Crippen molar-refractivity contribution in [3.8, 4) is 5.75 Å². The van der Waals surface area contributed by atoms with Gasteiger partial charge in [-0.1, -0.05) is 12.1 Å². The predicted molar refractivity (Wildman–Crippen MR) is 129 cm³/mol. The van der Waals surface area contributed by atoms with E-state index in [-0.39, 0.29) is 41.8 Å². The number of amides is 1. The van der Waals surface area contributed by atoms with Crippen molar-refractivity contribution in [1.82, 2.24) is 14.8 Å². The summed E-state index contributed by atoms with van der Waals surface area (Å²) in [6, 6.07) is 13.9. The first kappa shape index (κ1) is 24.4. The molecule has 1 fully saturated rings. The molecule has 0 aliphatic carbocycles. The van der Waals surface area contributed by atoms with Crippen LogP contribution in [-0.2, 0) is 24.4 Å². The van der Waals surface area contributed by atoms with Crippen molar-refractivity contribution >= 4 is 11.6 Å². The largest absolute Gasteiger partial charge is 0.491 e. The van der Waals surface area contributed by atoms with E-state index < -0.39 is 0 Å². The first-order valence-electron chi connectivity index (χ1n) is 11.4. The van der Waals surface area contributed by atoms with E-state index >= 15 is 0 Å². The van der Waals surface area contributed by atoms with E-state index in [4.69, 9.17) is 4.74 Å². The molecule has 2 aromatic carbocycles. The molecule has 9 heteroatoms. The molecule has 4 rings (SSSR count). The topological polar surface area (TPSA) is 66.8 Å². The molecule has 3 aromatic rings. The SMILES string of the molecule is COc1cn(CC(=O)NCc2ccc(F)cc2)c(CN2CCN(c3ccc(F)cc3)CC2)cc1=O. The van der Waals surface area contributed by atoms with Gasteiger partial charge in [0.1, 0.15) is 18.2 Å². The maximum atomic E-state index is 13.2. The second-order valence-electron chi connectivity index (χ2n) is 8.47. The number of carbonyl (C=O) groups excluding carboxylic acids is 1. The Kier molecular flexibility index (Phi) is 7.77. The van der Waals surface area contributed by atoms with Gasteiger partial charge in [0.2, 0.25) is 11.3 Å². The summed E-state index contributed by atoms with van der Waals surface area (Å²) in [7, 11) is 1.42. The zero-order valence-electron chi connectivity index (χ0n) is 19.5. The van der Waals surface area contributed by atoms with Gasteiger partial charge in [0, 0.05) is 56.7 Å². The number of pyridine rings is 1. The van der Waals surface area contributed by atoms with Crippen molar-refractivity contribution in [2.45, 2.75) is 19.6 Å². The summed E-state index contributed by atoms with van der Waals surface area (Å²) in [5, 5.41) is 2.83. The molecule has 7 nitrogen and oxygen atoms in total. The molecule has 0 atom stereocenters. The van der Waals surface area contributed by atoms with Gasteiger partial charge in [-0.3, -0.25) is 14.5 Å². The highest BCUT2D eigenvalue weighted by Gasteiger charge is 2.20. The number of aromatic nitrogens is 1. The van der Waals surface area contributed by atoms with Crippen LogP contribution in [0.25, 0.3) is 0 Å². The molecule has 1 saturated heterocycles. The van der Waals surface area contributed by atoms with Crippen molar-refractivity contribution in [3.05, 3.63) is 93.9 Å². The Morgan fingerprint density at radius 1 is 0.971 bits per heavy atom. The van der Waals surface area contributed by atoms with E-state index in [1.807, 2.05) is 0 Å². The maximum absolute atomic E-state index is 13.2.